The van der Waals surface area contributed by atoms with E-state index in [0.29, 0.717) is 5.56 Å². The molecule has 0 N–H and O–H groups in total. The first kappa shape index (κ1) is 15.4. The fourth-order valence-corrected chi connectivity index (χ4v) is 2.72. The van der Waals surface area contributed by atoms with Crippen molar-refractivity contribution < 1.29 is 9.72 Å². The van der Waals surface area contributed by atoms with E-state index in [4.69, 9.17) is 0 Å². The van der Waals surface area contributed by atoms with Crippen LogP contribution in [0.1, 0.15) is 30.6 Å². The normalized spacial score (nSPS) is 16.0. The second-order valence-corrected chi connectivity index (χ2v) is 5.34. The zero-order valence-electron chi connectivity index (χ0n) is 12.5. The number of ketones is 1. The third-order valence-corrected chi connectivity index (χ3v) is 3.82. The van der Waals surface area contributed by atoms with Crippen LogP contribution < -0.4 is 4.90 Å². The first-order valence-electron chi connectivity index (χ1n) is 7.29. The Hall–Kier alpha value is -1.95. The van der Waals surface area contributed by atoms with Crippen LogP contribution in [0.2, 0.25) is 0 Å². The zero-order valence-corrected chi connectivity index (χ0v) is 12.5. The number of hydrogen-bond donors (Lipinski definition) is 0. The Labute approximate surface area is 124 Å². The number of non-ortho nitro benzene ring substituents is 1. The zero-order chi connectivity index (χ0) is 15.4. The average molecular weight is 291 g/mol. The smallest absolute Gasteiger partial charge is 0.270 e. The molecule has 6 nitrogen and oxygen atoms in total. The lowest BCUT2D eigenvalue weighted by Crippen LogP contribution is -2.46. The number of carbonyl (C=O) groups is 1. The van der Waals surface area contributed by atoms with E-state index in [2.05, 4.69) is 16.7 Å². The summed E-state index contributed by atoms with van der Waals surface area (Å²) in [6.45, 7) is 8.32. The Morgan fingerprint density at radius 1 is 1.29 bits per heavy atom. The van der Waals surface area contributed by atoms with E-state index < -0.39 is 4.92 Å². The second kappa shape index (κ2) is 6.67. The van der Waals surface area contributed by atoms with Crippen LogP contribution in [0.5, 0.6) is 0 Å². The van der Waals surface area contributed by atoms with Gasteiger partial charge >= 0.3 is 0 Å². The molecule has 114 valence electrons. The highest BCUT2D eigenvalue weighted by atomic mass is 16.6. The summed E-state index contributed by atoms with van der Waals surface area (Å²) in [5.74, 6) is -0.135. The van der Waals surface area contributed by atoms with Crippen LogP contribution in [-0.2, 0) is 0 Å². The van der Waals surface area contributed by atoms with Crippen LogP contribution in [0.25, 0.3) is 0 Å². The molecule has 1 heterocycles. The second-order valence-electron chi connectivity index (χ2n) is 5.34. The molecule has 0 atom stereocenters. The van der Waals surface area contributed by atoms with Crippen LogP contribution in [0.15, 0.2) is 18.2 Å². The number of nitrogens with zero attached hydrogens (tertiary/aromatic N) is 3. The van der Waals surface area contributed by atoms with Gasteiger partial charge in [-0.2, -0.15) is 0 Å². The molecule has 0 radical (unpaired) electrons. The Kier molecular flexibility index (Phi) is 4.90. The predicted octanol–water partition coefficient (Wildman–Crippen LogP) is 2.33. The van der Waals surface area contributed by atoms with Crippen LogP contribution in [-0.4, -0.2) is 48.3 Å². The van der Waals surface area contributed by atoms with E-state index in [1.807, 2.05) is 0 Å². The lowest BCUT2D eigenvalue weighted by molar-refractivity contribution is -0.384. The summed E-state index contributed by atoms with van der Waals surface area (Å²) in [6, 6.07) is 4.56. The van der Waals surface area contributed by atoms with Crippen LogP contribution in [0.4, 0.5) is 11.4 Å². The number of Topliss-reactive ketones (excluding diaryl/α,β-unsaturated/α-hetero) is 1. The first-order valence-corrected chi connectivity index (χ1v) is 7.29. The Morgan fingerprint density at radius 2 is 1.95 bits per heavy atom. The van der Waals surface area contributed by atoms with E-state index in [-0.39, 0.29) is 11.5 Å². The van der Waals surface area contributed by atoms with Gasteiger partial charge in [0.1, 0.15) is 0 Å². The van der Waals surface area contributed by atoms with Crippen molar-refractivity contribution in [1.82, 2.24) is 4.90 Å². The van der Waals surface area contributed by atoms with Gasteiger partial charge in [0.25, 0.3) is 5.69 Å². The van der Waals surface area contributed by atoms with Gasteiger partial charge in [-0.15, -0.1) is 0 Å². The predicted molar refractivity (Wildman–Crippen MR) is 82.0 cm³/mol. The van der Waals surface area contributed by atoms with Gasteiger partial charge in [0.15, 0.2) is 5.78 Å². The third kappa shape index (κ3) is 3.58. The van der Waals surface area contributed by atoms with Crippen molar-refractivity contribution in [3.63, 3.8) is 0 Å². The van der Waals surface area contributed by atoms with Crippen molar-refractivity contribution in [2.75, 3.05) is 37.6 Å². The monoisotopic (exact) mass is 291 g/mol. The van der Waals surface area contributed by atoms with Crippen LogP contribution in [0, 0.1) is 10.1 Å². The van der Waals surface area contributed by atoms with Crippen molar-refractivity contribution in [1.29, 1.82) is 0 Å². The average Bonchev–Trinajstić information content (AvgIpc) is 2.47. The molecule has 0 saturated carbocycles. The topological polar surface area (TPSA) is 66.7 Å². The molecular weight excluding hydrogens is 270 g/mol. The molecule has 1 aliphatic heterocycles. The number of carbonyl (C=O) groups excluding carboxylic acids is 1. The maximum atomic E-state index is 11.8. The number of anilines is 1. The maximum absolute atomic E-state index is 11.8. The molecule has 0 amide bonds. The van der Waals surface area contributed by atoms with Crippen molar-refractivity contribution in [2.45, 2.75) is 20.3 Å². The molecule has 0 aliphatic carbocycles. The third-order valence-electron chi connectivity index (χ3n) is 3.82. The van der Waals surface area contributed by atoms with Crippen molar-refractivity contribution in [3.05, 3.63) is 33.9 Å². The highest BCUT2D eigenvalue weighted by Gasteiger charge is 2.22. The molecule has 1 fully saturated rings. The number of nitro groups is 1. The SMILES string of the molecule is CCCN1CCN(c2ccc([N+](=O)[O-])cc2C(C)=O)CC1. The fourth-order valence-electron chi connectivity index (χ4n) is 2.72. The minimum absolute atomic E-state index is 0.0337. The van der Waals surface area contributed by atoms with Crippen LogP contribution >= 0.6 is 0 Å². The van der Waals surface area contributed by atoms with Gasteiger partial charge in [-0.1, -0.05) is 6.92 Å². The van der Waals surface area contributed by atoms with Gasteiger partial charge in [-0.25, -0.2) is 0 Å². The summed E-state index contributed by atoms with van der Waals surface area (Å²) < 4.78 is 0. The highest BCUT2D eigenvalue weighted by Crippen LogP contribution is 2.27. The number of rotatable bonds is 5. The van der Waals surface area contributed by atoms with Gasteiger partial charge in [0.2, 0.25) is 0 Å². The number of nitro benzene ring substituents is 1. The molecule has 2 rings (SSSR count). The molecule has 1 saturated heterocycles. The number of hydrogen-bond acceptors (Lipinski definition) is 5. The minimum Gasteiger partial charge on any atom is -0.368 e. The summed E-state index contributed by atoms with van der Waals surface area (Å²) in [6.07, 6.45) is 1.14. The minimum atomic E-state index is -0.463. The maximum Gasteiger partial charge on any atom is 0.270 e. The van der Waals surface area contributed by atoms with Gasteiger partial charge in [0.05, 0.1) is 4.92 Å². The van der Waals surface area contributed by atoms with E-state index in [1.165, 1.54) is 19.1 Å². The van der Waals surface area contributed by atoms with Gasteiger partial charge in [-0.3, -0.25) is 19.8 Å². The van der Waals surface area contributed by atoms with Crippen molar-refractivity contribution >= 4 is 17.2 Å². The van der Waals surface area contributed by atoms with E-state index in [9.17, 15) is 14.9 Å². The Bertz CT molecular complexity index is 537. The standard InChI is InChI=1S/C15H21N3O3/c1-3-6-16-7-9-17(10-8-16)15-5-4-13(18(20)21)11-14(15)12(2)19/h4-5,11H,3,6-10H2,1-2H3. The molecule has 0 bridgehead atoms. The fraction of sp³-hybridized carbons (Fsp3) is 0.533. The molecule has 6 heteroatoms. The molecule has 1 aromatic rings. The van der Waals surface area contributed by atoms with Gasteiger partial charge < -0.3 is 4.90 Å². The van der Waals surface area contributed by atoms with Gasteiger partial charge in [-0.05, 0) is 26.0 Å². The summed E-state index contributed by atoms with van der Waals surface area (Å²) in [5, 5.41) is 10.9. The molecule has 21 heavy (non-hydrogen) atoms. The summed E-state index contributed by atoms with van der Waals surface area (Å²) in [4.78, 5) is 26.7. The first-order chi connectivity index (χ1) is 10.0. The van der Waals surface area contributed by atoms with Crippen molar-refractivity contribution in [2.24, 2.45) is 0 Å². The lowest BCUT2D eigenvalue weighted by atomic mass is 10.1. The molecule has 1 aromatic carbocycles. The van der Waals surface area contributed by atoms with E-state index >= 15 is 0 Å². The van der Waals surface area contributed by atoms with E-state index in [1.54, 1.807) is 6.07 Å². The Balaban J connectivity index is 2.20. The number of benzene rings is 1. The molecular formula is C15H21N3O3. The van der Waals surface area contributed by atoms with Crippen molar-refractivity contribution in [3.8, 4) is 0 Å². The van der Waals surface area contributed by atoms with E-state index in [0.717, 1.165) is 44.8 Å². The van der Waals surface area contributed by atoms with Crippen LogP contribution in [0.3, 0.4) is 0 Å². The molecule has 0 aromatic heterocycles. The lowest BCUT2D eigenvalue weighted by Gasteiger charge is -2.36. The Morgan fingerprint density at radius 3 is 2.48 bits per heavy atom. The quantitative estimate of drug-likeness (QED) is 0.473. The highest BCUT2D eigenvalue weighted by molar-refractivity contribution is 6.00. The molecule has 1 aliphatic rings. The number of piperazine rings is 1. The molecule has 0 unspecified atom stereocenters. The molecule has 0 spiro atoms. The summed E-state index contributed by atoms with van der Waals surface area (Å²) >= 11 is 0. The summed E-state index contributed by atoms with van der Waals surface area (Å²) in [5.41, 5.74) is 1.21. The summed E-state index contributed by atoms with van der Waals surface area (Å²) in [7, 11) is 0. The van der Waals surface area contributed by atoms with Gasteiger partial charge in [0, 0.05) is 49.6 Å². The largest absolute Gasteiger partial charge is 0.368 e.